The molecule has 22 heavy (non-hydrogen) atoms. The fourth-order valence-electron chi connectivity index (χ4n) is 1.99. The number of nitro groups is 1. The number of ether oxygens (including phenoxy) is 1. The molecular weight excluding hydrogens is 284 g/mol. The highest BCUT2D eigenvalue weighted by molar-refractivity contribution is 5.77. The van der Waals surface area contributed by atoms with Gasteiger partial charge in [0.2, 0.25) is 0 Å². The summed E-state index contributed by atoms with van der Waals surface area (Å²) >= 11 is 0. The summed E-state index contributed by atoms with van der Waals surface area (Å²) in [6.45, 7) is -0.129. The van der Waals surface area contributed by atoms with Crippen LogP contribution in [0.2, 0.25) is 0 Å². The van der Waals surface area contributed by atoms with Crippen LogP contribution in [0, 0.1) is 10.1 Å². The Bertz CT molecular complexity index is 671. The van der Waals surface area contributed by atoms with Crippen molar-refractivity contribution in [3.63, 3.8) is 0 Å². The van der Waals surface area contributed by atoms with Gasteiger partial charge in [-0.25, -0.2) is 0 Å². The molecule has 0 saturated carbocycles. The maximum Gasteiger partial charge on any atom is 0.269 e. The highest BCUT2D eigenvalue weighted by Crippen LogP contribution is 2.26. The zero-order valence-corrected chi connectivity index (χ0v) is 12.1. The largest absolute Gasteiger partial charge is 0.483 e. The lowest BCUT2D eigenvalue weighted by Crippen LogP contribution is -2.25. The average Bonchev–Trinajstić information content (AvgIpc) is 2.54. The Labute approximate surface area is 127 Å². The molecule has 0 unspecified atom stereocenters. The first-order chi connectivity index (χ1) is 10.6. The van der Waals surface area contributed by atoms with Gasteiger partial charge in [-0.2, -0.15) is 0 Å². The van der Waals surface area contributed by atoms with Crippen molar-refractivity contribution in [1.29, 1.82) is 0 Å². The summed E-state index contributed by atoms with van der Waals surface area (Å²) in [6.07, 6.45) is 0.492. The maximum atomic E-state index is 11.3. The number of likely N-dealkylation sites (N-methyl/N-ethyl adjacent to an activating group) is 1. The van der Waals surface area contributed by atoms with E-state index in [9.17, 15) is 14.9 Å². The van der Waals surface area contributed by atoms with Crippen molar-refractivity contribution in [2.24, 2.45) is 0 Å². The van der Waals surface area contributed by atoms with Crippen LogP contribution in [0.25, 0.3) is 0 Å². The summed E-state index contributed by atoms with van der Waals surface area (Å²) in [5, 5.41) is 13.4. The summed E-state index contributed by atoms with van der Waals surface area (Å²) in [6, 6.07) is 13.9. The van der Waals surface area contributed by atoms with Crippen LogP contribution in [0.4, 0.5) is 5.69 Å². The lowest BCUT2D eigenvalue weighted by molar-refractivity contribution is -0.384. The van der Waals surface area contributed by atoms with Gasteiger partial charge in [-0.05, 0) is 11.6 Å². The number of nitrogens with one attached hydrogen (secondary N) is 1. The Morgan fingerprint density at radius 3 is 2.59 bits per heavy atom. The second kappa shape index (κ2) is 7.21. The SMILES string of the molecule is CNC(=O)COc1ccc([N+](=O)[O-])cc1Cc1ccccc1. The number of amides is 1. The van der Waals surface area contributed by atoms with Crippen molar-refractivity contribution in [1.82, 2.24) is 5.32 Å². The van der Waals surface area contributed by atoms with Crippen LogP contribution < -0.4 is 10.1 Å². The van der Waals surface area contributed by atoms with E-state index in [1.165, 1.54) is 25.2 Å². The van der Waals surface area contributed by atoms with E-state index < -0.39 is 4.92 Å². The van der Waals surface area contributed by atoms with E-state index in [1.54, 1.807) is 0 Å². The van der Waals surface area contributed by atoms with Gasteiger partial charge in [0, 0.05) is 31.2 Å². The van der Waals surface area contributed by atoms with Crippen LogP contribution >= 0.6 is 0 Å². The van der Waals surface area contributed by atoms with Gasteiger partial charge >= 0.3 is 0 Å². The Morgan fingerprint density at radius 1 is 1.23 bits per heavy atom. The van der Waals surface area contributed by atoms with Gasteiger partial charge in [0.15, 0.2) is 6.61 Å². The van der Waals surface area contributed by atoms with Gasteiger partial charge in [0.05, 0.1) is 4.92 Å². The number of hydrogen-bond donors (Lipinski definition) is 1. The molecule has 0 aliphatic rings. The van der Waals surface area contributed by atoms with E-state index in [1.807, 2.05) is 30.3 Å². The third-order valence-electron chi connectivity index (χ3n) is 3.13. The van der Waals surface area contributed by atoms with Crippen LogP contribution in [0.1, 0.15) is 11.1 Å². The maximum absolute atomic E-state index is 11.3. The van der Waals surface area contributed by atoms with Crippen molar-refractivity contribution in [2.45, 2.75) is 6.42 Å². The summed E-state index contributed by atoms with van der Waals surface area (Å²) in [7, 11) is 1.52. The minimum atomic E-state index is -0.447. The molecule has 0 fully saturated rings. The molecule has 0 aromatic heterocycles. The molecule has 2 aromatic rings. The molecule has 0 saturated heterocycles. The molecule has 6 heteroatoms. The molecule has 0 radical (unpaired) electrons. The zero-order valence-electron chi connectivity index (χ0n) is 12.1. The Balaban J connectivity index is 2.27. The van der Waals surface area contributed by atoms with Crippen molar-refractivity contribution in [3.05, 3.63) is 69.8 Å². The molecular formula is C16H16N2O4. The van der Waals surface area contributed by atoms with E-state index in [2.05, 4.69) is 5.32 Å². The van der Waals surface area contributed by atoms with E-state index in [0.717, 1.165) is 5.56 Å². The molecule has 1 amide bonds. The Hall–Kier alpha value is -2.89. The first-order valence-corrected chi connectivity index (χ1v) is 6.75. The number of benzene rings is 2. The second-order valence-corrected chi connectivity index (χ2v) is 4.67. The predicted octanol–water partition coefficient (Wildman–Crippen LogP) is 2.31. The summed E-state index contributed by atoms with van der Waals surface area (Å²) < 4.78 is 5.46. The molecule has 0 atom stereocenters. The van der Waals surface area contributed by atoms with Gasteiger partial charge in [-0.15, -0.1) is 0 Å². The summed E-state index contributed by atoms with van der Waals surface area (Å²) in [5.74, 6) is 0.210. The van der Waals surface area contributed by atoms with Gasteiger partial charge in [-0.1, -0.05) is 30.3 Å². The molecule has 0 spiro atoms. The normalized spacial score (nSPS) is 10.0. The monoisotopic (exact) mass is 300 g/mol. The van der Waals surface area contributed by atoms with E-state index in [-0.39, 0.29) is 18.2 Å². The van der Waals surface area contributed by atoms with Crippen LogP contribution in [-0.4, -0.2) is 24.5 Å². The fourth-order valence-corrected chi connectivity index (χ4v) is 1.99. The first kappa shape index (κ1) is 15.5. The molecule has 0 aliphatic carbocycles. The van der Waals surface area contributed by atoms with Crippen molar-refractivity contribution >= 4 is 11.6 Å². The summed E-state index contributed by atoms with van der Waals surface area (Å²) in [4.78, 5) is 21.8. The molecule has 6 nitrogen and oxygen atoms in total. The third kappa shape index (κ3) is 4.05. The molecule has 1 N–H and O–H groups in total. The molecule has 2 aromatic carbocycles. The molecule has 2 rings (SSSR count). The number of rotatable bonds is 6. The number of non-ortho nitro benzene ring substituents is 1. The zero-order chi connectivity index (χ0) is 15.9. The predicted molar refractivity (Wildman–Crippen MR) is 81.9 cm³/mol. The number of nitro benzene ring substituents is 1. The molecule has 114 valence electrons. The van der Waals surface area contributed by atoms with Gasteiger partial charge < -0.3 is 10.1 Å². The van der Waals surface area contributed by atoms with E-state index >= 15 is 0 Å². The fraction of sp³-hybridized carbons (Fsp3) is 0.188. The van der Waals surface area contributed by atoms with Crippen LogP contribution in [0.15, 0.2) is 48.5 Å². The van der Waals surface area contributed by atoms with E-state index in [4.69, 9.17) is 4.74 Å². The number of carbonyl (C=O) groups excluding carboxylic acids is 1. The molecule has 0 bridgehead atoms. The number of nitrogens with zero attached hydrogens (tertiary/aromatic N) is 1. The molecule has 0 heterocycles. The first-order valence-electron chi connectivity index (χ1n) is 6.75. The van der Waals surface area contributed by atoms with Crippen molar-refractivity contribution in [3.8, 4) is 5.75 Å². The minimum Gasteiger partial charge on any atom is -0.483 e. The van der Waals surface area contributed by atoms with Crippen molar-refractivity contribution < 1.29 is 14.5 Å². The Morgan fingerprint density at radius 2 is 1.95 bits per heavy atom. The van der Waals surface area contributed by atoms with Crippen molar-refractivity contribution in [2.75, 3.05) is 13.7 Å². The van der Waals surface area contributed by atoms with E-state index in [0.29, 0.717) is 17.7 Å². The van der Waals surface area contributed by atoms with Gasteiger partial charge in [0.1, 0.15) is 5.75 Å². The minimum absolute atomic E-state index is 0.00164. The van der Waals surface area contributed by atoms with Gasteiger partial charge in [0.25, 0.3) is 11.6 Å². The van der Waals surface area contributed by atoms with Crippen LogP contribution in [0.5, 0.6) is 5.75 Å². The number of carbonyl (C=O) groups is 1. The average molecular weight is 300 g/mol. The lowest BCUT2D eigenvalue weighted by atomic mass is 10.0. The topological polar surface area (TPSA) is 81.5 Å². The number of hydrogen-bond acceptors (Lipinski definition) is 4. The smallest absolute Gasteiger partial charge is 0.269 e. The Kier molecular flexibility index (Phi) is 5.08. The summed E-state index contributed by atoms with van der Waals surface area (Å²) in [5.41, 5.74) is 1.68. The standard InChI is InChI=1S/C16H16N2O4/c1-17-16(19)11-22-15-8-7-14(18(20)21)10-13(15)9-12-5-3-2-4-6-12/h2-8,10H,9,11H2,1H3,(H,17,19). The lowest BCUT2D eigenvalue weighted by Gasteiger charge is -2.11. The van der Waals surface area contributed by atoms with Gasteiger partial charge in [-0.3, -0.25) is 14.9 Å². The quantitative estimate of drug-likeness (QED) is 0.655. The second-order valence-electron chi connectivity index (χ2n) is 4.67. The van der Waals surface area contributed by atoms with Crippen LogP contribution in [-0.2, 0) is 11.2 Å². The highest BCUT2D eigenvalue weighted by Gasteiger charge is 2.13. The molecule has 0 aliphatic heterocycles. The van der Waals surface area contributed by atoms with Crippen LogP contribution in [0.3, 0.4) is 0 Å². The highest BCUT2D eigenvalue weighted by atomic mass is 16.6. The third-order valence-corrected chi connectivity index (χ3v) is 3.13.